The maximum atomic E-state index is 13.1. The molecule has 41 heavy (non-hydrogen) atoms. The maximum Gasteiger partial charge on any atom is 0.408 e. The largest absolute Gasteiger partial charge is 0.465 e. The summed E-state index contributed by atoms with van der Waals surface area (Å²) in [6.45, 7) is 5.16. The first-order valence-corrected chi connectivity index (χ1v) is 12.7. The van der Waals surface area contributed by atoms with Crippen LogP contribution in [0.25, 0.3) is 11.0 Å². The number of amides is 1. The lowest BCUT2D eigenvalue weighted by Gasteiger charge is -2.23. The van der Waals surface area contributed by atoms with Crippen molar-refractivity contribution >= 4 is 29.0 Å². The number of ether oxygens (including phenoxy) is 4. The van der Waals surface area contributed by atoms with E-state index in [0.29, 0.717) is 11.3 Å². The van der Waals surface area contributed by atoms with Crippen molar-refractivity contribution in [3.05, 3.63) is 100 Å². The summed E-state index contributed by atoms with van der Waals surface area (Å²) in [6.07, 6.45) is 0.558. The lowest BCUT2D eigenvalue weighted by atomic mass is 10.1. The third-order valence-corrected chi connectivity index (χ3v) is 5.69. The molecule has 0 aliphatic heterocycles. The normalized spacial score (nSPS) is 11.8. The molecule has 1 amide bonds. The minimum Gasteiger partial charge on any atom is -0.465 e. The Morgan fingerprint density at radius 3 is 2.27 bits per heavy atom. The summed E-state index contributed by atoms with van der Waals surface area (Å²) in [6, 6.07) is 18.5. The molecule has 1 N–H and O–H groups in total. The van der Waals surface area contributed by atoms with Gasteiger partial charge in [-0.25, -0.2) is 14.4 Å². The van der Waals surface area contributed by atoms with Gasteiger partial charge in [0.2, 0.25) is 11.2 Å². The highest BCUT2D eigenvalue weighted by atomic mass is 16.6. The molecular formula is C31H29NO9. The molecule has 1 aromatic heterocycles. The fourth-order valence-electron chi connectivity index (χ4n) is 3.81. The first kappa shape index (κ1) is 28.9. The molecule has 0 saturated heterocycles. The van der Waals surface area contributed by atoms with E-state index in [1.165, 1.54) is 49.6 Å². The quantitative estimate of drug-likeness (QED) is 0.222. The molecule has 1 heterocycles. The van der Waals surface area contributed by atoms with E-state index < -0.39 is 35.1 Å². The summed E-state index contributed by atoms with van der Waals surface area (Å²) >= 11 is 0. The summed E-state index contributed by atoms with van der Waals surface area (Å²) in [5.41, 5.74) is 0.0985. The first-order valence-electron chi connectivity index (χ1n) is 12.7. The van der Waals surface area contributed by atoms with Gasteiger partial charge < -0.3 is 28.7 Å². The van der Waals surface area contributed by atoms with Crippen LogP contribution in [0.4, 0.5) is 4.79 Å². The number of esters is 2. The van der Waals surface area contributed by atoms with E-state index in [0.717, 1.165) is 11.8 Å². The summed E-state index contributed by atoms with van der Waals surface area (Å²) in [4.78, 5) is 50.2. The SMILES string of the molecule is COC(=O)c1ccc(Oc2coc3cc(OC(=O)[C@@H](Cc4ccccc4)NC(=O)OC(C)(C)C)ccc3c2=O)cc1. The fourth-order valence-corrected chi connectivity index (χ4v) is 3.81. The van der Waals surface area contributed by atoms with Crippen LogP contribution in [0.15, 0.2) is 88.3 Å². The van der Waals surface area contributed by atoms with Gasteiger partial charge in [0.15, 0.2) is 0 Å². The van der Waals surface area contributed by atoms with Gasteiger partial charge in [-0.2, -0.15) is 0 Å². The second-order valence-electron chi connectivity index (χ2n) is 10.0. The van der Waals surface area contributed by atoms with Crippen LogP contribution in [0.1, 0.15) is 36.7 Å². The van der Waals surface area contributed by atoms with Crippen molar-refractivity contribution in [1.29, 1.82) is 0 Å². The van der Waals surface area contributed by atoms with Gasteiger partial charge in [-0.15, -0.1) is 0 Å². The predicted molar refractivity (Wildman–Crippen MR) is 149 cm³/mol. The second-order valence-corrected chi connectivity index (χ2v) is 10.0. The number of fused-ring (bicyclic) bond motifs is 1. The number of nitrogens with one attached hydrogen (secondary N) is 1. The van der Waals surface area contributed by atoms with Crippen LogP contribution in [-0.4, -0.2) is 36.8 Å². The Morgan fingerprint density at radius 2 is 1.61 bits per heavy atom. The molecule has 4 rings (SSSR count). The van der Waals surface area contributed by atoms with E-state index >= 15 is 0 Å². The molecule has 3 aromatic carbocycles. The molecule has 0 fully saturated rings. The lowest BCUT2D eigenvalue weighted by molar-refractivity contribution is -0.136. The number of carbonyl (C=O) groups is 3. The number of hydrogen-bond donors (Lipinski definition) is 1. The van der Waals surface area contributed by atoms with E-state index in [4.69, 9.17) is 18.6 Å². The summed E-state index contributed by atoms with van der Waals surface area (Å²) in [5, 5.41) is 2.78. The van der Waals surface area contributed by atoms with Crippen molar-refractivity contribution in [3.8, 4) is 17.2 Å². The maximum absolute atomic E-state index is 13.1. The zero-order chi connectivity index (χ0) is 29.6. The zero-order valence-electron chi connectivity index (χ0n) is 23.0. The summed E-state index contributed by atoms with van der Waals surface area (Å²) < 4.78 is 26.8. The average Bonchev–Trinajstić information content (AvgIpc) is 2.93. The van der Waals surface area contributed by atoms with Crippen LogP contribution in [0.2, 0.25) is 0 Å². The van der Waals surface area contributed by atoms with Gasteiger partial charge in [0.25, 0.3) is 0 Å². The predicted octanol–water partition coefficient (Wildman–Crippen LogP) is 5.41. The van der Waals surface area contributed by atoms with Crippen molar-refractivity contribution in [2.75, 3.05) is 7.11 Å². The van der Waals surface area contributed by atoms with E-state index in [1.807, 2.05) is 30.3 Å². The Kier molecular flexibility index (Phi) is 8.72. The van der Waals surface area contributed by atoms with Gasteiger partial charge in [0.1, 0.15) is 35.0 Å². The van der Waals surface area contributed by atoms with Crippen LogP contribution in [-0.2, 0) is 20.7 Å². The second kappa shape index (κ2) is 12.4. The Hall–Kier alpha value is -5.12. The van der Waals surface area contributed by atoms with Crippen LogP contribution >= 0.6 is 0 Å². The monoisotopic (exact) mass is 559 g/mol. The minimum absolute atomic E-state index is 0.0717. The molecule has 0 aliphatic rings. The number of rotatable bonds is 8. The molecule has 0 unspecified atom stereocenters. The summed E-state index contributed by atoms with van der Waals surface area (Å²) in [5.74, 6) is -0.863. The van der Waals surface area contributed by atoms with Crippen molar-refractivity contribution in [2.24, 2.45) is 0 Å². The minimum atomic E-state index is -1.05. The molecule has 0 spiro atoms. The number of alkyl carbamates (subject to hydrolysis) is 1. The molecule has 10 nitrogen and oxygen atoms in total. The van der Waals surface area contributed by atoms with Crippen LogP contribution in [0.5, 0.6) is 17.2 Å². The number of benzene rings is 3. The molecule has 0 radical (unpaired) electrons. The van der Waals surface area contributed by atoms with Gasteiger partial charge in [0.05, 0.1) is 18.1 Å². The van der Waals surface area contributed by atoms with Crippen molar-refractivity contribution in [1.82, 2.24) is 5.32 Å². The molecule has 0 bridgehead atoms. The van der Waals surface area contributed by atoms with Crippen LogP contribution in [0.3, 0.4) is 0 Å². The Labute approximate surface area is 235 Å². The van der Waals surface area contributed by atoms with Crippen molar-refractivity contribution in [3.63, 3.8) is 0 Å². The molecule has 0 saturated carbocycles. The highest BCUT2D eigenvalue weighted by Crippen LogP contribution is 2.25. The smallest absolute Gasteiger partial charge is 0.408 e. The first-order chi connectivity index (χ1) is 19.5. The lowest BCUT2D eigenvalue weighted by Crippen LogP contribution is -2.46. The standard InChI is InChI=1S/C31H29NO9/c1-31(2,3)41-30(36)32-24(16-19-8-6-5-7-9-19)29(35)40-22-14-15-23-25(17-22)38-18-26(27(23)33)39-21-12-10-20(11-13-21)28(34)37-4/h5-15,17-18,24H,16H2,1-4H3,(H,32,36)/t24-/m1/s1. The van der Waals surface area contributed by atoms with Crippen LogP contribution < -0.4 is 20.2 Å². The van der Waals surface area contributed by atoms with Crippen molar-refractivity contribution in [2.45, 2.75) is 38.8 Å². The third-order valence-electron chi connectivity index (χ3n) is 5.69. The molecule has 0 aliphatic carbocycles. The molecule has 10 heteroatoms. The molecule has 212 valence electrons. The van der Waals surface area contributed by atoms with Gasteiger partial charge in [0, 0.05) is 12.5 Å². The number of methoxy groups -OCH3 is 1. The van der Waals surface area contributed by atoms with Crippen molar-refractivity contribution < 1.29 is 37.7 Å². The highest BCUT2D eigenvalue weighted by Gasteiger charge is 2.26. The van der Waals surface area contributed by atoms with E-state index in [1.54, 1.807) is 20.8 Å². The Balaban J connectivity index is 1.51. The Bertz CT molecular complexity index is 1600. The average molecular weight is 560 g/mol. The fraction of sp³-hybridized carbons (Fsp3) is 0.226. The highest BCUT2D eigenvalue weighted by molar-refractivity contribution is 5.89. The van der Waals surface area contributed by atoms with Gasteiger partial charge >= 0.3 is 18.0 Å². The molecule has 1 atom stereocenters. The van der Waals surface area contributed by atoms with Gasteiger partial charge in [-0.3, -0.25) is 4.79 Å². The van der Waals surface area contributed by atoms with Gasteiger partial charge in [-0.1, -0.05) is 30.3 Å². The third kappa shape index (κ3) is 7.72. The topological polar surface area (TPSA) is 130 Å². The molecular weight excluding hydrogens is 530 g/mol. The van der Waals surface area contributed by atoms with Gasteiger partial charge in [-0.05, 0) is 62.7 Å². The number of carbonyl (C=O) groups excluding carboxylic acids is 3. The van der Waals surface area contributed by atoms with Crippen LogP contribution in [0, 0.1) is 0 Å². The van der Waals surface area contributed by atoms with E-state index in [-0.39, 0.29) is 28.9 Å². The Morgan fingerprint density at radius 1 is 0.927 bits per heavy atom. The zero-order valence-corrected chi connectivity index (χ0v) is 23.0. The summed E-state index contributed by atoms with van der Waals surface area (Å²) in [7, 11) is 1.28. The number of hydrogen-bond acceptors (Lipinski definition) is 9. The van der Waals surface area contributed by atoms with E-state index in [9.17, 15) is 19.2 Å². The van der Waals surface area contributed by atoms with E-state index in [2.05, 4.69) is 10.1 Å². The molecule has 4 aromatic rings.